The SMILES string of the molecule is COc1ccc(C(=O)NCC(=O)Nc2cccc(Cl)c2C)cc1S(=O)(=O)NC1CC1. The number of carbonyl (C=O) groups excluding carboxylic acids is 2. The van der Waals surface area contributed by atoms with Gasteiger partial charge in [0.05, 0.1) is 13.7 Å². The lowest BCUT2D eigenvalue weighted by Crippen LogP contribution is -2.33. The number of benzene rings is 2. The molecule has 10 heteroatoms. The molecule has 0 unspecified atom stereocenters. The van der Waals surface area contributed by atoms with Crippen molar-refractivity contribution >= 4 is 39.1 Å². The molecule has 0 heterocycles. The monoisotopic (exact) mass is 451 g/mol. The van der Waals surface area contributed by atoms with Gasteiger partial charge in [-0.2, -0.15) is 0 Å². The number of methoxy groups -OCH3 is 1. The molecule has 1 aliphatic rings. The second-order valence-electron chi connectivity index (χ2n) is 6.90. The average Bonchev–Trinajstić information content (AvgIpc) is 3.52. The van der Waals surface area contributed by atoms with Crippen molar-refractivity contribution in [3.63, 3.8) is 0 Å². The van der Waals surface area contributed by atoms with E-state index in [0.29, 0.717) is 16.3 Å². The summed E-state index contributed by atoms with van der Waals surface area (Å²) < 4.78 is 32.8. The molecule has 0 aliphatic heterocycles. The molecule has 0 spiro atoms. The molecule has 0 radical (unpaired) electrons. The van der Waals surface area contributed by atoms with Crippen LogP contribution in [0.3, 0.4) is 0 Å². The van der Waals surface area contributed by atoms with Crippen LogP contribution >= 0.6 is 11.6 Å². The Kier molecular flexibility index (Phi) is 6.64. The normalized spacial score (nSPS) is 13.6. The van der Waals surface area contributed by atoms with E-state index in [0.717, 1.165) is 12.8 Å². The van der Waals surface area contributed by atoms with Crippen molar-refractivity contribution in [2.75, 3.05) is 19.0 Å². The highest BCUT2D eigenvalue weighted by Crippen LogP contribution is 2.28. The van der Waals surface area contributed by atoms with E-state index in [1.807, 2.05) is 0 Å². The Morgan fingerprint density at radius 3 is 2.60 bits per heavy atom. The number of hydrogen-bond donors (Lipinski definition) is 3. The van der Waals surface area contributed by atoms with Gasteiger partial charge in [0.1, 0.15) is 10.6 Å². The third kappa shape index (κ3) is 5.29. The van der Waals surface area contributed by atoms with Crippen molar-refractivity contribution in [1.82, 2.24) is 10.0 Å². The third-order valence-corrected chi connectivity index (χ3v) is 6.52. The van der Waals surface area contributed by atoms with Gasteiger partial charge in [-0.05, 0) is 55.7 Å². The molecule has 160 valence electrons. The van der Waals surface area contributed by atoms with Crippen LogP contribution in [0, 0.1) is 6.92 Å². The van der Waals surface area contributed by atoms with Gasteiger partial charge in [0.25, 0.3) is 5.91 Å². The summed E-state index contributed by atoms with van der Waals surface area (Å²) in [7, 11) is -2.47. The molecule has 0 atom stereocenters. The number of hydrogen-bond acceptors (Lipinski definition) is 5. The first-order chi connectivity index (χ1) is 14.2. The molecule has 2 aromatic rings. The molecule has 2 aromatic carbocycles. The number of rotatable bonds is 8. The Bertz CT molecular complexity index is 1080. The topological polar surface area (TPSA) is 114 Å². The molecular weight excluding hydrogens is 430 g/mol. The van der Waals surface area contributed by atoms with Crippen molar-refractivity contribution in [3.05, 3.63) is 52.5 Å². The maximum Gasteiger partial charge on any atom is 0.251 e. The van der Waals surface area contributed by atoms with Crippen molar-refractivity contribution < 1.29 is 22.7 Å². The smallest absolute Gasteiger partial charge is 0.251 e. The quantitative estimate of drug-likeness (QED) is 0.570. The molecule has 0 aromatic heterocycles. The maximum atomic E-state index is 12.6. The van der Waals surface area contributed by atoms with Gasteiger partial charge in [0, 0.05) is 22.3 Å². The highest BCUT2D eigenvalue weighted by Gasteiger charge is 2.30. The molecule has 3 N–H and O–H groups in total. The van der Waals surface area contributed by atoms with Gasteiger partial charge in [-0.15, -0.1) is 0 Å². The van der Waals surface area contributed by atoms with Crippen LogP contribution in [0.5, 0.6) is 5.75 Å². The summed E-state index contributed by atoms with van der Waals surface area (Å²) in [6.45, 7) is 1.48. The van der Waals surface area contributed by atoms with E-state index in [9.17, 15) is 18.0 Å². The van der Waals surface area contributed by atoms with Crippen LogP contribution in [0.2, 0.25) is 5.02 Å². The van der Waals surface area contributed by atoms with Crippen LogP contribution in [0.25, 0.3) is 0 Å². The van der Waals surface area contributed by atoms with Crippen molar-refractivity contribution in [3.8, 4) is 5.75 Å². The number of ether oxygens (including phenoxy) is 1. The minimum atomic E-state index is -3.82. The van der Waals surface area contributed by atoms with Crippen LogP contribution in [0.15, 0.2) is 41.3 Å². The van der Waals surface area contributed by atoms with Crippen LogP contribution in [-0.2, 0) is 14.8 Å². The summed E-state index contributed by atoms with van der Waals surface area (Å²) in [5, 5.41) is 5.68. The summed E-state index contributed by atoms with van der Waals surface area (Å²) in [5.41, 5.74) is 1.36. The zero-order valence-electron chi connectivity index (χ0n) is 16.5. The Balaban J connectivity index is 1.68. The zero-order chi connectivity index (χ0) is 21.9. The number of sulfonamides is 1. The lowest BCUT2D eigenvalue weighted by Gasteiger charge is -2.13. The first-order valence-electron chi connectivity index (χ1n) is 9.25. The number of anilines is 1. The summed E-state index contributed by atoms with van der Waals surface area (Å²) in [6, 6.07) is 9.11. The van der Waals surface area contributed by atoms with Gasteiger partial charge >= 0.3 is 0 Å². The first kappa shape index (κ1) is 22.1. The Hall–Kier alpha value is -2.62. The van der Waals surface area contributed by atoms with Gasteiger partial charge in [-0.3, -0.25) is 9.59 Å². The largest absolute Gasteiger partial charge is 0.495 e. The summed E-state index contributed by atoms with van der Waals surface area (Å²) in [6.07, 6.45) is 1.56. The van der Waals surface area contributed by atoms with Gasteiger partial charge in [-0.25, -0.2) is 13.1 Å². The number of halogens is 1. The summed E-state index contributed by atoms with van der Waals surface area (Å²) >= 11 is 6.03. The van der Waals surface area contributed by atoms with E-state index in [2.05, 4.69) is 15.4 Å². The molecule has 0 bridgehead atoms. The van der Waals surface area contributed by atoms with E-state index in [1.54, 1.807) is 25.1 Å². The maximum absolute atomic E-state index is 12.6. The third-order valence-electron chi connectivity index (χ3n) is 4.57. The second kappa shape index (κ2) is 9.03. The van der Waals surface area contributed by atoms with Gasteiger partial charge in [0.15, 0.2) is 0 Å². The van der Waals surface area contributed by atoms with Crippen LogP contribution in [0.4, 0.5) is 5.69 Å². The Morgan fingerprint density at radius 2 is 1.93 bits per heavy atom. The Morgan fingerprint density at radius 1 is 1.20 bits per heavy atom. The van der Waals surface area contributed by atoms with E-state index in [-0.39, 0.29) is 28.8 Å². The molecule has 0 saturated heterocycles. The number of carbonyl (C=O) groups is 2. The van der Waals surface area contributed by atoms with Crippen molar-refractivity contribution in [2.45, 2.75) is 30.7 Å². The standard InChI is InChI=1S/C20H22ClN3O5S/c1-12-15(21)4-3-5-16(12)23-19(25)11-22-20(26)13-6-9-17(29-2)18(10-13)30(27,28)24-14-7-8-14/h3-6,9-10,14,24H,7-8,11H2,1-2H3,(H,22,26)(H,23,25). The number of amides is 2. The fourth-order valence-electron chi connectivity index (χ4n) is 2.71. The van der Waals surface area contributed by atoms with Crippen molar-refractivity contribution in [2.24, 2.45) is 0 Å². The molecule has 30 heavy (non-hydrogen) atoms. The molecule has 1 aliphatic carbocycles. The lowest BCUT2D eigenvalue weighted by molar-refractivity contribution is -0.115. The summed E-state index contributed by atoms with van der Waals surface area (Å²) in [4.78, 5) is 24.5. The Labute approximate surface area is 180 Å². The van der Waals surface area contributed by atoms with E-state index in [1.165, 1.54) is 25.3 Å². The highest BCUT2D eigenvalue weighted by atomic mass is 35.5. The van der Waals surface area contributed by atoms with Crippen molar-refractivity contribution in [1.29, 1.82) is 0 Å². The molecular formula is C20H22ClN3O5S. The van der Waals surface area contributed by atoms with Crippen LogP contribution in [0.1, 0.15) is 28.8 Å². The fourth-order valence-corrected chi connectivity index (χ4v) is 4.39. The van der Waals surface area contributed by atoms with E-state index >= 15 is 0 Å². The lowest BCUT2D eigenvalue weighted by atomic mass is 10.2. The molecule has 1 saturated carbocycles. The molecule has 1 fully saturated rings. The van der Waals surface area contributed by atoms with Crippen LogP contribution in [-0.4, -0.2) is 39.9 Å². The van der Waals surface area contributed by atoms with E-state index < -0.39 is 21.8 Å². The molecule has 3 rings (SSSR count). The van der Waals surface area contributed by atoms with Crippen LogP contribution < -0.4 is 20.1 Å². The van der Waals surface area contributed by atoms with Gasteiger partial charge in [0.2, 0.25) is 15.9 Å². The minimum Gasteiger partial charge on any atom is -0.495 e. The molecule has 2 amide bonds. The minimum absolute atomic E-state index is 0.0872. The predicted octanol–water partition coefficient (Wildman–Crippen LogP) is 2.47. The first-order valence-corrected chi connectivity index (χ1v) is 11.1. The van der Waals surface area contributed by atoms with E-state index in [4.69, 9.17) is 16.3 Å². The van der Waals surface area contributed by atoms with Gasteiger partial charge < -0.3 is 15.4 Å². The fraction of sp³-hybridized carbons (Fsp3) is 0.300. The highest BCUT2D eigenvalue weighted by molar-refractivity contribution is 7.89. The van der Waals surface area contributed by atoms with Gasteiger partial charge in [-0.1, -0.05) is 17.7 Å². The number of nitrogens with one attached hydrogen (secondary N) is 3. The zero-order valence-corrected chi connectivity index (χ0v) is 18.1. The molecule has 8 nitrogen and oxygen atoms in total. The second-order valence-corrected chi connectivity index (χ2v) is 8.99. The predicted molar refractivity (Wildman–Crippen MR) is 113 cm³/mol. The summed E-state index contributed by atoms with van der Waals surface area (Å²) in [5.74, 6) is -0.891. The average molecular weight is 452 g/mol.